The molecule has 0 saturated heterocycles. The molecule has 3 rings (SSSR count). The number of rotatable bonds is 3. The van der Waals surface area contributed by atoms with Crippen LogP contribution in [0.5, 0.6) is 0 Å². The third-order valence-corrected chi connectivity index (χ3v) is 5.10. The highest BCUT2D eigenvalue weighted by Gasteiger charge is 2.29. The summed E-state index contributed by atoms with van der Waals surface area (Å²) in [6.45, 7) is 0.168. The van der Waals surface area contributed by atoms with E-state index < -0.39 is 0 Å². The Labute approximate surface area is 117 Å². The average molecular weight is 277 g/mol. The van der Waals surface area contributed by atoms with Crippen LogP contribution in [-0.2, 0) is 11.2 Å². The Kier molecular flexibility index (Phi) is 3.71. The second-order valence-corrected chi connectivity index (χ2v) is 6.42. The first-order valence-corrected chi connectivity index (χ1v) is 7.81. The van der Waals surface area contributed by atoms with Gasteiger partial charge in [0.15, 0.2) is 0 Å². The number of aliphatic hydroxyl groups is 1. The fourth-order valence-corrected chi connectivity index (χ4v) is 4.05. The molecule has 1 aromatic rings. The van der Waals surface area contributed by atoms with Crippen molar-refractivity contribution >= 4 is 17.2 Å². The first kappa shape index (κ1) is 12.9. The normalized spacial score (nSPS) is 29.2. The first-order chi connectivity index (χ1) is 9.28. The van der Waals surface area contributed by atoms with E-state index >= 15 is 0 Å². The third-order valence-electron chi connectivity index (χ3n) is 4.10. The molecule has 0 aromatic carbocycles. The first-order valence-electron chi connectivity index (χ1n) is 6.93. The molecule has 2 N–H and O–H groups in total. The Bertz CT molecular complexity index is 494. The van der Waals surface area contributed by atoms with Gasteiger partial charge < -0.3 is 10.4 Å². The quantitative estimate of drug-likeness (QED) is 0.832. The summed E-state index contributed by atoms with van der Waals surface area (Å²) in [6, 6.07) is 2.19. The largest absolute Gasteiger partial charge is 0.396 e. The maximum Gasteiger partial charge on any atom is 0.228 e. The van der Waals surface area contributed by atoms with Crippen molar-refractivity contribution in [3.8, 4) is 0 Å². The van der Waals surface area contributed by atoms with Crippen molar-refractivity contribution in [3.63, 3.8) is 0 Å². The van der Waals surface area contributed by atoms with Gasteiger partial charge in [-0.3, -0.25) is 4.79 Å². The van der Waals surface area contributed by atoms with Gasteiger partial charge in [-0.1, -0.05) is 12.2 Å². The Morgan fingerprint density at radius 1 is 1.47 bits per heavy atom. The molecule has 0 spiro atoms. The van der Waals surface area contributed by atoms with Crippen LogP contribution >= 0.6 is 11.3 Å². The molecule has 0 aliphatic heterocycles. The van der Waals surface area contributed by atoms with Crippen LogP contribution in [0.3, 0.4) is 0 Å². The number of aryl methyl sites for hydroxylation is 1. The number of thiophene rings is 1. The summed E-state index contributed by atoms with van der Waals surface area (Å²) >= 11 is 1.77. The standard InChI is InChI=1S/C15H19NO2S/c17-9-10-4-5-11(8-10)16-15(18)13-2-1-3-14-12(13)6-7-19-14/h4-7,10-11,13,17H,1-3,8-9H2,(H,16,18)/t10-,11+,13?/m0/s1. The summed E-state index contributed by atoms with van der Waals surface area (Å²) in [5, 5.41) is 14.3. The lowest BCUT2D eigenvalue weighted by molar-refractivity contribution is -0.123. The number of hydrogen-bond acceptors (Lipinski definition) is 3. The van der Waals surface area contributed by atoms with E-state index in [0.717, 1.165) is 25.7 Å². The fourth-order valence-electron chi connectivity index (χ4n) is 3.06. The molecule has 1 aromatic heterocycles. The van der Waals surface area contributed by atoms with Gasteiger partial charge in [-0.25, -0.2) is 0 Å². The minimum atomic E-state index is 0.0246. The summed E-state index contributed by atoms with van der Waals surface area (Å²) in [6.07, 6.45) is 8.01. The van der Waals surface area contributed by atoms with Crippen LogP contribution in [0.25, 0.3) is 0 Å². The number of aliphatic hydroxyl groups excluding tert-OH is 1. The molecule has 0 radical (unpaired) electrons. The van der Waals surface area contributed by atoms with Crippen molar-refractivity contribution in [1.82, 2.24) is 5.32 Å². The maximum atomic E-state index is 12.4. The topological polar surface area (TPSA) is 49.3 Å². The van der Waals surface area contributed by atoms with Crippen LogP contribution in [0.15, 0.2) is 23.6 Å². The predicted octanol–water partition coefficient (Wildman–Crippen LogP) is 2.22. The van der Waals surface area contributed by atoms with Gasteiger partial charge in [0.05, 0.1) is 5.92 Å². The van der Waals surface area contributed by atoms with E-state index in [2.05, 4.69) is 16.8 Å². The van der Waals surface area contributed by atoms with Gasteiger partial charge in [0.25, 0.3) is 0 Å². The number of nitrogens with one attached hydrogen (secondary N) is 1. The van der Waals surface area contributed by atoms with E-state index in [-0.39, 0.29) is 30.4 Å². The molecular formula is C15H19NO2S. The minimum absolute atomic E-state index is 0.0246. The highest BCUT2D eigenvalue weighted by Crippen LogP contribution is 2.35. The zero-order valence-corrected chi connectivity index (χ0v) is 11.7. The summed E-state index contributed by atoms with van der Waals surface area (Å²) < 4.78 is 0. The van der Waals surface area contributed by atoms with Crippen molar-refractivity contribution < 1.29 is 9.90 Å². The Morgan fingerprint density at radius 3 is 3.16 bits per heavy atom. The van der Waals surface area contributed by atoms with E-state index in [9.17, 15) is 4.79 Å². The Morgan fingerprint density at radius 2 is 2.37 bits per heavy atom. The highest BCUT2D eigenvalue weighted by atomic mass is 32.1. The van der Waals surface area contributed by atoms with Crippen LogP contribution in [0.4, 0.5) is 0 Å². The zero-order chi connectivity index (χ0) is 13.2. The lowest BCUT2D eigenvalue weighted by Gasteiger charge is -2.23. The molecule has 19 heavy (non-hydrogen) atoms. The average Bonchev–Trinajstić information content (AvgIpc) is 3.05. The van der Waals surface area contributed by atoms with E-state index in [0.29, 0.717) is 0 Å². The maximum absolute atomic E-state index is 12.4. The second-order valence-electron chi connectivity index (χ2n) is 5.42. The molecule has 1 heterocycles. The molecule has 3 nitrogen and oxygen atoms in total. The lowest BCUT2D eigenvalue weighted by Crippen LogP contribution is -2.37. The van der Waals surface area contributed by atoms with E-state index in [4.69, 9.17) is 5.11 Å². The zero-order valence-electron chi connectivity index (χ0n) is 10.8. The predicted molar refractivity (Wildman–Crippen MR) is 76.3 cm³/mol. The monoisotopic (exact) mass is 277 g/mol. The molecule has 2 aliphatic carbocycles. The van der Waals surface area contributed by atoms with Gasteiger partial charge in [-0.15, -0.1) is 11.3 Å². The van der Waals surface area contributed by atoms with Gasteiger partial charge in [0.2, 0.25) is 5.91 Å². The summed E-state index contributed by atoms with van der Waals surface area (Å²) in [7, 11) is 0. The number of fused-ring (bicyclic) bond motifs is 1. The molecule has 4 heteroatoms. The SMILES string of the molecule is O=C(N[C@@H]1C=C[C@H](CO)C1)C1CCCc2sccc21. The van der Waals surface area contributed by atoms with Gasteiger partial charge in [-0.2, -0.15) is 0 Å². The van der Waals surface area contributed by atoms with Crippen LogP contribution < -0.4 is 5.32 Å². The smallest absolute Gasteiger partial charge is 0.228 e. The van der Waals surface area contributed by atoms with Crippen LogP contribution in [0.1, 0.15) is 35.6 Å². The van der Waals surface area contributed by atoms with Crippen LogP contribution in [-0.4, -0.2) is 23.7 Å². The molecule has 2 aliphatic rings. The Balaban J connectivity index is 1.65. The fraction of sp³-hybridized carbons (Fsp3) is 0.533. The second kappa shape index (κ2) is 5.47. The van der Waals surface area contributed by atoms with E-state index in [1.54, 1.807) is 11.3 Å². The van der Waals surface area contributed by atoms with Crippen molar-refractivity contribution in [2.24, 2.45) is 5.92 Å². The number of hydrogen-bond donors (Lipinski definition) is 2. The van der Waals surface area contributed by atoms with Crippen LogP contribution in [0, 0.1) is 5.92 Å². The Hall–Kier alpha value is -1.13. The molecule has 1 amide bonds. The van der Waals surface area contributed by atoms with Gasteiger partial charge >= 0.3 is 0 Å². The van der Waals surface area contributed by atoms with E-state index in [1.165, 1.54) is 10.4 Å². The van der Waals surface area contributed by atoms with Crippen molar-refractivity contribution in [1.29, 1.82) is 0 Å². The van der Waals surface area contributed by atoms with E-state index in [1.807, 2.05) is 12.2 Å². The van der Waals surface area contributed by atoms with Gasteiger partial charge in [-0.05, 0) is 42.7 Å². The van der Waals surface area contributed by atoms with Crippen molar-refractivity contribution in [2.45, 2.75) is 37.6 Å². The van der Waals surface area contributed by atoms with Crippen LogP contribution in [0.2, 0.25) is 0 Å². The van der Waals surface area contributed by atoms with Gasteiger partial charge in [0.1, 0.15) is 0 Å². The highest BCUT2D eigenvalue weighted by molar-refractivity contribution is 7.10. The number of carbonyl (C=O) groups excluding carboxylic acids is 1. The number of amides is 1. The lowest BCUT2D eigenvalue weighted by atomic mass is 9.87. The molecule has 0 bridgehead atoms. The van der Waals surface area contributed by atoms with Crippen molar-refractivity contribution in [3.05, 3.63) is 34.0 Å². The molecule has 1 unspecified atom stereocenters. The molecular weight excluding hydrogens is 258 g/mol. The third kappa shape index (κ3) is 2.60. The molecule has 0 saturated carbocycles. The van der Waals surface area contributed by atoms with Crippen molar-refractivity contribution in [2.75, 3.05) is 6.61 Å². The minimum Gasteiger partial charge on any atom is -0.396 e. The summed E-state index contributed by atoms with van der Waals surface area (Å²) in [5.74, 6) is 0.373. The molecule has 102 valence electrons. The van der Waals surface area contributed by atoms with Gasteiger partial charge in [0, 0.05) is 23.4 Å². The molecule has 3 atom stereocenters. The molecule has 0 fully saturated rings. The summed E-state index contributed by atoms with van der Waals surface area (Å²) in [5.41, 5.74) is 1.23. The summed E-state index contributed by atoms with van der Waals surface area (Å²) in [4.78, 5) is 13.8. The number of carbonyl (C=O) groups is 1.